The molecule has 0 saturated heterocycles. The SMILES string of the molecule is Cc1ccc(C=Cc2cc3ccccc3cc2C=Cc2ccc(C)cc2)cc1. The molecule has 0 nitrogen and oxygen atoms in total. The normalized spacial score (nSPS) is 11.6. The average molecular weight is 361 g/mol. The van der Waals surface area contributed by atoms with Gasteiger partial charge in [0.1, 0.15) is 0 Å². The van der Waals surface area contributed by atoms with Crippen LogP contribution in [0, 0.1) is 13.8 Å². The van der Waals surface area contributed by atoms with Crippen LogP contribution >= 0.6 is 0 Å². The van der Waals surface area contributed by atoms with E-state index in [1.807, 2.05) is 0 Å². The Morgan fingerprint density at radius 2 is 0.857 bits per heavy atom. The lowest BCUT2D eigenvalue weighted by Crippen LogP contribution is -1.84. The molecule has 0 amide bonds. The number of hydrogen-bond acceptors (Lipinski definition) is 0. The van der Waals surface area contributed by atoms with Gasteiger partial charge in [0.15, 0.2) is 0 Å². The second kappa shape index (κ2) is 8.10. The van der Waals surface area contributed by atoms with Crippen molar-refractivity contribution in [1.82, 2.24) is 0 Å². The molecule has 28 heavy (non-hydrogen) atoms. The first-order chi connectivity index (χ1) is 13.7. The highest BCUT2D eigenvalue weighted by molar-refractivity contribution is 5.91. The van der Waals surface area contributed by atoms with Crippen molar-refractivity contribution in [2.24, 2.45) is 0 Å². The van der Waals surface area contributed by atoms with Crippen molar-refractivity contribution in [3.8, 4) is 0 Å². The molecule has 4 rings (SSSR count). The Morgan fingerprint density at radius 3 is 1.25 bits per heavy atom. The van der Waals surface area contributed by atoms with Crippen LogP contribution in [-0.2, 0) is 0 Å². The van der Waals surface area contributed by atoms with Gasteiger partial charge in [-0.2, -0.15) is 0 Å². The highest BCUT2D eigenvalue weighted by atomic mass is 14.1. The minimum atomic E-state index is 1.22. The Hall–Kier alpha value is -3.38. The summed E-state index contributed by atoms with van der Waals surface area (Å²) < 4.78 is 0. The van der Waals surface area contributed by atoms with E-state index >= 15 is 0 Å². The molecular weight excluding hydrogens is 336 g/mol. The minimum absolute atomic E-state index is 1.22. The zero-order valence-electron chi connectivity index (χ0n) is 16.4. The van der Waals surface area contributed by atoms with Gasteiger partial charge in [0.05, 0.1) is 0 Å². The summed E-state index contributed by atoms with van der Waals surface area (Å²) in [6.07, 6.45) is 8.80. The molecule has 0 heterocycles. The van der Waals surface area contributed by atoms with E-state index in [1.54, 1.807) is 0 Å². The van der Waals surface area contributed by atoms with Crippen LogP contribution in [0.5, 0.6) is 0 Å². The lowest BCUT2D eigenvalue weighted by molar-refractivity contribution is 1.46. The first kappa shape index (κ1) is 18.0. The van der Waals surface area contributed by atoms with Crippen LogP contribution in [0.1, 0.15) is 33.4 Å². The van der Waals surface area contributed by atoms with Gasteiger partial charge < -0.3 is 0 Å². The molecule has 0 atom stereocenters. The number of benzene rings is 4. The summed E-state index contributed by atoms with van der Waals surface area (Å²) in [5, 5.41) is 2.53. The maximum Gasteiger partial charge on any atom is -0.0177 e. The van der Waals surface area contributed by atoms with Crippen molar-refractivity contribution in [2.75, 3.05) is 0 Å². The lowest BCUT2D eigenvalue weighted by atomic mass is 9.98. The highest BCUT2D eigenvalue weighted by Gasteiger charge is 2.01. The van der Waals surface area contributed by atoms with Gasteiger partial charge in [-0.25, -0.2) is 0 Å². The predicted octanol–water partition coefficient (Wildman–Crippen LogP) is 7.80. The third kappa shape index (κ3) is 4.29. The minimum Gasteiger partial charge on any atom is -0.0616 e. The van der Waals surface area contributed by atoms with Gasteiger partial charge in [-0.3, -0.25) is 0 Å². The topological polar surface area (TPSA) is 0 Å². The quantitative estimate of drug-likeness (QED) is 0.326. The molecule has 0 bridgehead atoms. The summed E-state index contributed by atoms with van der Waals surface area (Å²) in [5.41, 5.74) is 7.44. The molecule has 4 aromatic rings. The third-order valence-electron chi connectivity index (χ3n) is 5.02. The second-order valence-electron chi connectivity index (χ2n) is 7.32. The monoisotopic (exact) mass is 360 g/mol. The van der Waals surface area contributed by atoms with E-state index in [1.165, 1.54) is 44.2 Å². The van der Waals surface area contributed by atoms with Crippen LogP contribution in [0.15, 0.2) is 84.9 Å². The molecule has 0 heteroatoms. The molecule has 136 valence electrons. The van der Waals surface area contributed by atoms with Gasteiger partial charge >= 0.3 is 0 Å². The maximum absolute atomic E-state index is 2.27. The third-order valence-corrected chi connectivity index (χ3v) is 5.02. The summed E-state index contributed by atoms with van der Waals surface area (Å²) in [6.45, 7) is 4.23. The van der Waals surface area contributed by atoms with Crippen LogP contribution in [-0.4, -0.2) is 0 Å². The zero-order valence-corrected chi connectivity index (χ0v) is 16.4. The fourth-order valence-corrected chi connectivity index (χ4v) is 3.29. The largest absolute Gasteiger partial charge is 0.0616 e. The van der Waals surface area contributed by atoms with Crippen LogP contribution in [0.3, 0.4) is 0 Å². The van der Waals surface area contributed by atoms with Gasteiger partial charge in [0, 0.05) is 0 Å². The summed E-state index contributed by atoms with van der Waals surface area (Å²) >= 11 is 0. The average Bonchev–Trinajstić information content (AvgIpc) is 2.72. The Bertz CT molecular complexity index is 1050. The van der Waals surface area contributed by atoms with Gasteiger partial charge in [-0.05, 0) is 59.0 Å². The summed E-state index contributed by atoms with van der Waals surface area (Å²) in [6, 6.07) is 30.3. The fourth-order valence-electron chi connectivity index (χ4n) is 3.29. The summed E-state index contributed by atoms with van der Waals surface area (Å²) in [4.78, 5) is 0. The van der Waals surface area contributed by atoms with Crippen LogP contribution < -0.4 is 0 Å². The smallest absolute Gasteiger partial charge is 0.0177 e. The Balaban J connectivity index is 1.73. The summed E-state index contributed by atoms with van der Waals surface area (Å²) in [7, 11) is 0. The van der Waals surface area contributed by atoms with Crippen LogP contribution in [0.25, 0.3) is 35.1 Å². The van der Waals surface area contributed by atoms with E-state index in [0.29, 0.717) is 0 Å². The maximum atomic E-state index is 2.27. The Kier molecular flexibility index (Phi) is 5.21. The van der Waals surface area contributed by atoms with E-state index in [4.69, 9.17) is 0 Å². The van der Waals surface area contributed by atoms with Crippen molar-refractivity contribution >= 4 is 35.1 Å². The summed E-state index contributed by atoms with van der Waals surface area (Å²) in [5.74, 6) is 0. The molecular formula is C28H24. The van der Waals surface area contributed by atoms with Crippen molar-refractivity contribution in [3.05, 3.63) is 118 Å². The van der Waals surface area contributed by atoms with Crippen LogP contribution in [0.4, 0.5) is 0 Å². The van der Waals surface area contributed by atoms with E-state index < -0.39 is 0 Å². The van der Waals surface area contributed by atoms with Gasteiger partial charge in [-0.15, -0.1) is 0 Å². The van der Waals surface area contributed by atoms with Crippen molar-refractivity contribution in [2.45, 2.75) is 13.8 Å². The number of fused-ring (bicyclic) bond motifs is 1. The first-order valence-corrected chi connectivity index (χ1v) is 9.70. The molecule has 0 aliphatic carbocycles. The molecule has 0 aromatic heterocycles. The molecule has 0 radical (unpaired) electrons. The van der Waals surface area contributed by atoms with E-state index in [9.17, 15) is 0 Å². The van der Waals surface area contributed by atoms with E-state index in [2.05, 4.69) is 123 Å². The number of hydrogen-bond donors (Lipinski definition) is 0. The van der Waals surface area contributed by atoms with Gasteiger partial charge in [0.2, 0.25) is 0 Å². The van der Waals surface area contributed by atoms with Gasteiger partial charge in [0.25, 0.3) is 0 Å². The Labute approximate surface area is 167 Å². The highest BCUT2D eigenvalue weighted by Crippen LogP contribution is 2.24. The molecule has 0 aliphatic rings. The van der Waals surface area contributed by atoms with E-state index in [0.717, 1.165) is 0 Å². The van der Waals surface area contributed by atoms with Crippen molar-refractivity contribution in [1.29, 1.82) is 0 Å². The molecule has 0 saturated carbocycles. The molecule has 0 fully saturated rings. The second-order valence-corrected chi connectivity index (χ2v) is 7.32. The fraction of sp³-hybridized carbons (Fsp3) is 0.0714. The molecule has 0 aliphatic heterocycles. The van der Waals surface area contributed by atoms with Crippen molar-refractivity contribution < 1.29 is 0 Å². The molecule has 0 spiro atoms. The Morgan fingerprint density at radius 1 is 0.464 bits per heavy atom. The number of rotatable bonds is 4. The van der Waals surface area contributed by atoms with Crippen LogP contribution in [0.2, 0.25) is 0 Å². The van der Waals surface area contributed by atoms with Gasteiger partial charge in [-0.1, -0.05) is 108 Å². The van der Waals surface area contributed by atoms with Crippen molar-refractivity contribution in [3.63, 3.8) is 0 Å². The lowest BCUT2D eigenvalue weighted by Gasteiger charge is -2.06. The first-order valence-electron chi connectivity index (χ1n) is 9.70. The van der Waals surface area contributed by atoms with E-state index in [-0.39, 0.29) is 0 Å². The molecule has 0 N–H and O–H groups in total. The molecule has 0 unspecified atom stereocenters. The molecule has 4 aromatic carbocycles. The predicted molar refractivity (Wildman–Crippen MR) is 124 cm³/mol. The standard InChI is InChI=1S/C28H24/c1-21-7-11-23(12-8-21)15-17-27-19-25-5-3-4-6-26(25)20-28(27)18-16-24-13-9-22(2)10-14-24/h3-20H,1-2H3. The zero-order chi connectivity index (χ0) is 19.3. The number of aryl methyl sites for hydroxylation is 2.